The van der Waals surface area contributed by atoms with Crippen LogP contribution in [0.5, 0.6) is 0 Å². The zero-order valence-electron chi connectivity index (χ0n) is 21.8. The van der Waals surface area contributed by atoms with Crippen molar-refractivity contribution in [2.45, 2.75) is 39.2 Å². The number of nitrogens with one attached hydrogen (secondary N) is 2. The summed E-state index contributed by atoms with van der Waals surface area (Å²) in [6.45, 7) is 3.81. The number of aryl methyl sites for hydroxylation is 4. The molecule has 0 aliphatic heterocycles. The summed E-state index contributed by atoms with van der Waals surface area (Å²) in [4.78, 5) is 26.7. The molecule has 2 atom stereocenters. The Bertz CT molecular complexity index is 1470. The number of rotatable bonds is 6. The maximum Gasteiger partial charge on any atom is 0.270 e. The van der Waals surface area contributed by atoms with Crippen molar-refractivity contribution in [1.82, 2.24) is 15.1 Å². The van der Waals surface area contributed by atoms with Crippen LogP contribution in [0.25, 0.3) is 11.1 Å². The fourth-order valence-electron chi connectivity index (χ4n) is 5.47. The van der Waals surface area contributed by atoms with Crippen molar-refractivity contribution < 1.29 is 14.3 Å². The van der Waals surface area contributed by atoms with Crippen LogP contribution in [0, 0.1) is 25.0 Å². The van der Waals surface area contributed by atoms with Gasteiger partial charge in [0.1, 0.15) is 11.7 Å². The van der Waals surface area contributed by atoms with Crippen molar-refractivity contribution >= 4 is 17.5 Å². The zero-order valence-corrected chi connectivity index (χ0v) is 21.8. The molecule has 8 heteroatoms. The van der Waals surface area contributed by atoms with Crippen molar-refractivity contribution in [1.29, 1.82) is 0 Å². The van der Waals surface area contributed by atoms with E-state index in [1.54, 1.807) is 31.7 Å². The molecule has 2 N–H and O–H groups in total. The molecule has 0 spiro atoms. The summed E-state index contributed by atoms with van der Waals surface area (Å²) in [6, 6.07) is 16.8. The van der Waals surface area contributed by atoms with Crippen LogP contribution in [0.3, 0.4) is 0 Å². The second kappa shape index (κ2) is 10.5. The summed E-state index contributed by atoms with van der Waals surface area (Å²) >= 11 is 0. The first-order valence-corrected chi connectivity index (χ1v) is 12.8. The second-order valence-electron chi connectivity index (χ2n) is 9.99. The molecular formula is C30H31N5O3. The number of benzene rings is 2. The van der Waals surface area contributed by atoms with Crippen LogP contribution in [0.1, 0.15) is 39.2 Å². The minimum atomic E-state index is -0.712. The SMILES string of the molecule is Cc1c[n+]([O-])cc(C)c1-c1ccc(NC(=O)C(NC(=O)c2ccnn2C)[C@H]2CCc3ccccc3C2)cc1. The summed E-state index contributed by atoms with van der Waals surface area (Å²) in [5, 5.41) is 21.8. The fraction of sp³-hybridized carbons (Fsp3) is 0.267. The number of carbonyl (C=O) groups excluding carboxylic acids is 2. The van der Waals surface area contributed by atoms with Crippen LogP contribution in [0.4, 0.5) is 5.69 Å². The van der Waals surface area contributed by atoms with E-state index in [-0.39, 0.29) is 17.7 Å². The lowest BCUT2D eigenvalue weighted by molar-refractivity contribution is -0.606. The highest BCUT2D eigenvalue weighted by Gasteiger charge is 2.33. The fourth-order valence-corrected chi connectivity index (χ4v) is 5.47. The van der Waals surface area contributed by atoms with E-state index >= 15 is 0 Å². The van der Waals surface area contributed by atoms with Crippen LogP contribution in [-0.2, 0) is 24.7 Å². The second-order valence-corrected chi connectivity index (χ2v) is 9.99. The van der Waals surface area contributed by atoms with Gasteiger partial charge in [-0.3, -0.25) is 14.3 Å². The van der Waals surface area contributed by atoms with Crippen LogP contribution >= 0.6 is 0 Å². The lowest BCUT2D eigenvalue weighted by atomic mass is 9.79. The van der Waals surface area contributed by atoms with Gasteiger partial charge in [-0.05, 0) is 79.5 Å². The Morgan fingerprint density at radius 1 is 1.03 bits per heavy atom. The Morgan fingerprint density at radius 2 is 1.71 bits per heavy atom. The van der Waals surface area contributed by atoms with Gasteiger partial charge >= 0.3 is 0 Å². The highest BCUT2D eigenvalue weighted by molar-refractivity contribution is 6.00. The number of aromatic nitrogens is 3. The highest BCUT2D eigenvalue weighted by atomic mass is 16.5. The molecule has 8 nitrogen and oxygen atoms in total. The third-order valence-corrected chi connectivity index (χ3v) is 7.35. The van der Waals surface area contributed by atoms with E-state index in [4.69, 9.17) is 0 Å². The van der Waals surface area contributed by atoms with Crippen LogP contribution in [-0.4, -0.2) is 27.6 Å². The van der Waals surface area contributed by atoms with Crippen LogP contribution in [0.15, 0.2) is 73.2 Å². The number of nitrogens with zero attached hydrogens (tertiary/aromatic N) is 3. The Balaban J connectivity index is 1.38. The third-order valence-electron chi connectivity index (χ3n) is 7.35. The number of hydrogen-bond donors (Lipinski definition) is 2. The molecule has 2 amide bonds. The minimum absolute atomic E-state index is 0.0465. The predicted molar refractivity (Wildman–Crippen MR) is 145 cm³/mol. The zero-order chi connectivity index (χ0) is 26.8. The standard InChI is InChI=1S/C30H31N5O3/c1-19-17-35(38)18-20(2)27(19)22-10-12-25(13-11-22)32-30(37)28(33-29(36)26-14-15-31-34(26)3)24-9-8-21-6-4-5-7-23(21)16-24/h4-7,10-15,17-18,24,28H,8-9,16H2,1-3H3,(H,32,37)(H,33,36)/t24-,28?/m0/s1. The number of amides is 2. The number of hydrogen-bond acceptors (Lipinski definition) is 4. The van der Waals surface area contributed by atoms with Crippen molar-refractivity contribution in [3.8, 4) is 11.1 Å². The van der Waals surface area contributed by atoms with E-state index in [1.165, 1.54) is 15.8 Å². The summed E-state index contributed by atoms with van der Waals surface area (Å²) in [5.41, 5.74) is 7.27. The average Bonchev–Trinajstić information content (AvgIpc) is 3.33. The van der Waals surface area contributed by atoms with Crippen molar-refractivity contribution in [2.24, 2.45) is 13.0 Å². The lowest BCUT2D eigenvalue weighted by Crippen LogP contribution is -2.50. The number of fused-ring (bicyclic) bond motifs is 1. The number of anilines is 1. The Morgan fingerprint density at radius 3 is 2.37 bits per heavy atom. The Labute approximate surface area is 221 Å². The van der Waals surface area contributed by atoms with Crippen molar-refractivity contribution in [2.75, 3.05) is 5.32 Å². The normalized spacial score (nSPS) is 15.4. The van der Waals surface area contributed by atoms with Gasteiger partial charge in [-0.1, -0.05) is 36.4 Å². The third kappa shape index (κ3) is 5.16. The van der Waals surface area contributed by atoms with E-state index in [0.717, 1.165) is 39.8 Å². The molecular weight excluding hydrogens is 478 g/mol. The molecule has 0 bridgehead atoms. The molecule has 2 aromatic carbocycles. The Kier molecular flexibility index (Phi) is 6.96. The highest BCUT2D eigenvalue weighted by Crippen LogP contribution is 2.30. The molecule has 1 aliphatic rings. The molecule has 1 unspecified atom stereocenters. The maximum absolute atomic E-state index is 13.6. The van der Waals surface area contributed by atoms with Gasteiger partial charge < -0.3 is 15.8 Å². The van der Waals surface area contributed by atoms with E-state index in [2.05, 4.69) is 27.9 Å². The van der Waals surface area contributed by atoms with E-state index in [1.807, 2.05) is 50.2 Å². The topological polar surface area (TPSA) is 103 Å². The van der Waals surface area contributed by atoms with Gasteiger partial charge in [-0.2, -0.15) is 9.83 Å². The average molecular weight is 510 g/mol. The lowest BCUT2D eigenvalue weighted by Gasteiger charge is -2.31. The van der Waals surface area contributed by atoms with Gasteiger partial charge in [0.05, 0.1) is 0 Å². The quantitative estimate of drug-likeness (QED) is 0.304. The number of pyridine rings is 1. The number of carbonyl (C=O) groups is 2. The smallest absolute Gasteiger partial charge is 0.270 e. The molecule has 194 valence electrons. The van der Waals surface area contributed by atoms with E-state index in [9.17, 15) is 14.8 Å². The maximum atomic E-state index is 13.6. The van der Waals surface area contributed by atoms with E-state index < -0.39 is 6.04 Å². The Hall–Kier alpha value is -4.46. The summed E-state index contributed by atoms with van der Waals surface area (Å²) in [7, 11) is 1.70. The summed E-state index contributed by atoms with van der Waals surface area (Å²) in [5.74, 6) is -0.628. The van der Waals surface area contributed by atoms with Gasteiger partial charge in [0, 0.05) is 30.1 Å². The van der Waals surface area contributed by atoms with Crippen molar-refractivity contribution in [3.63, 3.8) is 0 Å². The van der Waals surface area contributed by atoms with Gasteiger partial charge in [0.2, 0.25) is 5.91 Å². The molecule has 0 saturated heterocycles. The monoisotopic (exact) mass is 509 g/mol. The molecule has 5 rings (SSSR count). The molecule has 38 heavy (non-hydrogen) atoms. The largest absolute Gasteiger partial charge is 0.619 e. The molecule has 1 aliphatic carbocycles. The van der Waals surface area contributed by atoms with Crippen molar-refractivity contribution in [3.05, 3.63) is 106 Å². The first-order chi connectivity index (χ1) is 18.3. The minimum Gasteiger partial charge on any atom is -0.619 e. The predicted octanol–water partition coefficient (Wildman–Crippen LogP) is 3.88. The van der Waals surface area contributed by atoms with E-state index in [0.29, 0.717) is 17.8 Å². The first kappa shape index (κ1) is 25.2. The summed E-state index contributed by atoms with van der Waals surface area (Å²) in [6.07, 6.45) is 7.04. The molecule has 2 aromatic heterocycles. The van der Waals surface area contributed by atoms with Crippen LogP contribution < -0.4 is 15.4 Å². The van der Waals surface area contributed by atoms with Gasteiger partial charge in [-0.25, -0.2) is 0 Å². The van der Waals surface area contributed by atoms with Crippen LogP contribution in [0.2, 0.25) is 0 Å². The molecule has 0 radical (unpaired) electrons. The van der Waals surface area contributed by atoms with Gasteiger partial charge in [0.15, 0.2) is 12.4 Å². The molecule has 2 heterocycles. The molecule has 4 aromatic rings. The molecule has 0 saturated carbocycles. The van der Waals surface area contributed by atoms with Gasteiger partial charge in [-0.15, -0.1) is 0 Å². The summed E-state index contributed by atoms with van der Waals surface area (Å²) < 4.78 is 2.31. The van der Waals surface area contributed by atoms with Gasteiger partial charge in [0.25, 0.3) is 5.91 Å². The molecule has 0 fully saturated rings. The first-order valence-electron chi connectivity index (χ1n) is 12.8.